The topological polar surface area (TPSA) is 58.1 Å². The van der Waals surface area contributed by atoms with Crippen molar-refractivity contribution in [2.24, 2.45) is 0 Å². The second kappa shape index (κ2) is 9.82. The van der Waals surface area contributed by atoms with E-state index in [0.29, 0.717) is 6.42 Å². The minimum absolute atomic E-state index is 0.0360. The van der Waals surface area contributed by atoms with Gasteiger partial charge in [0, 0.05) is 24.3 Å². The second-order valence-corrected chi connectivity index (χ2v) is 8.62. The Bertz CT molecular complexity index is 1240. The molecule has 1 aliphatic rings. The molecule has 0 spiro atoms. The summed E-state index contributed by atoms with van der Waals surface area (Å²) in [6.45, 7) is 2.10. The zero-order valence-electron chi connectivity index (χ0n) is 18.7. The van der Waals surface area contributed by atoms with Crippen molar-refractivity contribution >= 4 is 28.2 Å². The van der Waals surface area contributed by atoms with Gasteiger partial charge in [-0.2, -0.15) is 0 Å². The Labute approximate surface area is 194 Å². The summed E-state index contributed by atoms with van der Waals surface area (Å²) in [7, 11) is 0. The van der Waals surface area contributed by atoms with Crippen LogP contribution < -0.4 is 10.2 Å². The summed E-state index contributed by atoms with van der Waals surface area (Å²) in [5, 5.41) is 14.3. The van der Waals surface area contributed by atoms with Crippen LogP contribution in [-0.4, -0.2) is 29.2 Å². The Hall–Kier alpha value is -3.73. The van der Waals surface area contributed by atoms with Gasteiger partial charge >= 0.3 is 0 Å². The van der Waals surface area contributed by atoms with E-state index in [2.05, 4.69) is 44.7 Å². The molecule has 0 saturated carbocycles. The van der Waals surface area contributed by atoms with Crippen LogP contribution in [0.15, 0.2) is 78.9 Å². The average Bonchev–Trinajstić information content (AvgIpc) is 3.14. The lowest BCUT2D eigenvalue weighted by Gasteiger charge is -2.20. The Morgan fingerprint density at radius 1 is 0.818 bits per heavy atom. The number of aromatic nitrogens is 2. The quantitative estimate of drug-likeness (QED) is 0.426. The van der Waals surface area contributed by atoms with Gasteiger partial charge in [-0.1, -0.05) is 67.4 Å². The van der Waals surface area contributed by atoms with Gasteiger partial charge in [-0.3, -0.25) is 4.79 Å². The van der Waals surface area contributed by atoms with E-state index in [0.717, 1.165) is 52.2 Å². The van der Waals surface area contributed by atoms with Gasteiger partial charge in [-0.15, -0.1) is 10.2 Å². The van der Waals surface area contributed by atoms with Gasteiger partial charge < -0.3 is 10.2 Å². The molecule has 1 amide bonds. The van der Waals surface area contributed by atoms with Crippen LogP contribution in [0, 0.1) is 0 Å². The van der Waals surface area contributed by atoms with Crippen molar-refractivity contribution in [1.29, 1.82) is 0 Å². The summed E-state index contributed by atoms with van der Waals surface area (Å²) in [6, 6.07) is 26.1. The third-order valence-corrected chi connectivity index (χ3v) is 6.25. The molecule has 0 aliphatic carbocycles. The maximum absolute atomic E-state index is 12.8. The van der Waals surface area contributed by atoms with Crippen molar-refractivity contribution in [2.75, 3.05) is 23.3 Å². The summed E-state index contributed by atoms with van der Waals surface area (Å²) >= 11 is 0. The predicted molar refractivity (Wildman–Crippen MR) is 134 cm³/mol. The van der Waals surface area contributed by atoms with E-state index in [4.69, 9.17) is 0 Å². The summed E-state index contributed by atoms with van der Waals surface area (Å²) in [5.74, 6) is 0.909. The highest BCUT2D eigenvalue weighted by atomic mass is 16.1. The molecule has 0 radical (unpaired) electrons. The van der Waals surface area contributed by atoms with Crippen LogP contribution in [0.1, 0.15) is 31.2 Å². The van der Waals surface area contributed by atoms with Crippen LogP contribution in [0.4, 0.5) is 11.5 Å². The van der Waals surface area contributed by atoms with E-state index in [9.17, 15) is 4.79 Å². The minimum Gasteiger partial charge on any atom is -0.355 e. The van der Waals surface area contributed by atoms with Crippen molar-refractivity contribution < 1.29 is 4.79 Å². The maximum atomic E-state index is 12.8. The van der Waals surface area contributed by atoms with Crippen LogP contribution in [-0.2, 0) is 11.2 Å². The number of hydrogen-bond donors (Lipinski definition) is 1. The lowest BCUT2D eigenvalue weighted by molar-refractivity contribution is -0.115. The molecule has 0 bridgehead atoms. The Kier molecular flexibility index (Phi) is 6.29. The number of anilines is 2. The minimum atomic E-state index is -0.0360. The van der Waals surface area contributed by atoms with Crippen LogP contribution in [0.25, 0.3) is 22.0 Å². The Balaban J connectivity index is 1.28. The fourth-order valence-electron chi connectivity index (χ4n) is 4.53. The van der Waals surface area contributed by atoms with Crippen molar-refractivity contribution in [3.05, 3.63) is 84.4 Å². The van der Waals surface area contributed by atoms with E-state index in [1.54, 1.807) is 0 Å². The van der Waals surface area contributed by atoms with Gasteiger partial charge in [0.2, 0.25) is 5.91 Å². The summed E-state index contributed by atoms with van der Waals surface area (Å²) in [4.78, 5) is 15.1. The largest absolute Gasteiger partial charge is 0.355 e. The van der Waals surface area contributed by atoms with Crippen molar-refractivity contribution in [1.82, 2.24) is 10.2 Å². The molecule has 4 aromatic rings. The van der Waals surface area contributed by atoms with E-state index >= 15 is 0 Å². The van der Waals surface area contributed by atoms with E-state index in [1.807, 2.05) is 54.6 Å². The highest BCUT2D eigenvalue weighted by Crippen LogP contribution is 2.24. The van der Waals surface area contributed by atoms with Gasteiger partial charge in [-0.25, -0.2) is 0 Å². The van der Waals surface area contributed by atoms with Crippen LogP contribution in [0.3, 0.4) is 0 Å². The van der Waals surface area contributed by atoms with Crippen LogP contribution >= 0.6 is 0 Å². The molecule has 5 heteroatoms. The number of hydrogen-bond acceptors (Lipinski definition) is 4. The highest BCUT2D eigenvalue weighted by Gasteiger charge is 2.12. The van der Waals surface area contributed by atoms with Crippen LogP contribution in [0.2, 0.25) is 0 Å². The number of nitrogens with zero attached hydrogens (tertiary/aromatic N) is 3. The highest BCUT2D eigenvalue weighted by molar-refractivity contribution is 5.96. The molecule has 0 atom stereocenters. The van der Waals surface area contributed by atoms with Gasteiger partial charge in [-0.05, 0) is 53.4 Å². The molecule has 5 rings (SSSR count). The standard InChI is InChI=1S/C28H28N4O/c33-28(20-22-11-7-10-21-9-3-4-14-25(21)22)29-24-13-8-12-23(19-24)26-15-16-27(31-30-26)32-17-5-1-2-6-18-32/h3-4,7-16,19H,1-2,5-6,17-18,20H2,(H,29,33). The SMILES string of the molecule is O=C(Cc1cccc2ccccc12)Nc1cccc(-c2ccc(N3CCCCCC3)nn2)c1. The van der Waals surface area contributed by atoms with Crippen molar-refractivity contribution in [2.45, 2.75) is 32.1 Å². The zero-order valence-corrected chi connectivity index (χ0v) is 18.7. The van der Waals surface area contributed by atoms with Crippen LogP contribution in [0.5, 0.6) is 0 Å². The molecule has 33 heavy (non-hydrogen) atoms. The molecule has 1 fully saturated rings. The molecule has 1 aliphatic heterocycles. The Morgan fingerprint density at radius 3 is 2.42 bits per heavy atom. The molecule has 2 heterocycles. The summed E-state index contributed by atoms with van der Waals surface area (Å²) < 4.78 is 0. The number of nitrogens with one attached hydrogen (secondary N) is 1. The van der Waals surface area contributed by atoms with E-state index in [1.165, 1.54) is 25.7 Å². The maximum Gasteiger partial charge on any atom is 0.228 e. The zero-order chi connectivity index (χ0) is 22.5. The lowest BCUT2D eigenvalue weighted by Crippen LogP contribution is -2.25. The normalized spacial score (nSPS) is 14.1. The lowest BCUT2D eigenvalue weighted by atomic mass is 10.0. The predicted octanol–water partition coefficient (Wildman–Crippen LogP) is 5.86. The first-order chi connectivity index (χ1) is 16.3. The van der Waals surface area contributed by atoms with E-state index < -0.39 is 0 Å². The number of benzene rings is 3. The molecule has 1 N–H and O–H groups in total. The Morgan fingerprint density at radius 2 is 1.61 bits per heavy atom. The molecule has 166 valence electrons. The average molecular weight is 437 g/mol. The molecule has 1 saturated heterocycles. The first kappa shape index (κ1) is 21.1. The number of carbonyl (C=O) groups excluding carboxylic acids is 1. The first-order valence-electron chi connectivity index (χ1n) is 11.7. The molecule has 5 nitrogen and oxygen atoms in total. The van der Waals surface area contributed by atoms with E-state index in [-0.39, 0.29) is 5.91 Å². The third-order valence-electron chi connectivity index (χ3n) is 6.25. The summed E-state index contributed by atoms with van der Waals surface area (Å²) in [5.41, 5.74) is 3.53. The summed E-state index contributed by atoms with van der Waals surface area (Å²) in [6.07, 6.45) is 5.34. The van der Waals surface area contributed by atoms with Gasteiger partial charge in [0.1, 0.15) is 0 Å². The number of rotatable bonds is 5. The first-order valence-corrected chi connectivity index (χ1v) is 11.7. The number of carbonyl (C=O) groups is 1. The van der Waals surface area contributed by atoms with Crippen molar-refractivity contribution in [3.8, 4) is 11.3 Å². The van der Waals surface area contributed by atoms with Gasteiger partial charge in [0.15, 0.2) is 5.82 Å². The second-order valence-electron chi connectivity index (χ2n) is 8.62. The monoisotopic (exact) mass is 436 g/mol. The smallest absolute Gasteiger partial charge is 0.228 e. The van der Waals surface area contributed by atoms with Crippen molar-refractivity contribution in [3.63, 3.8) is 0 Å². The molecular weight excluding hydrogens is 408 g/mol. The molecule has 0 unspecified atom stereocenters. The fourth-order valence-corrected chi connectivity index (χ4v) is 4.53. The fraction of sp³-hybridized carbons (Fsp3) is 0.250. The molecular formula is C28H28N4O. The third kappa shape index (κ3) is 5.03. The molecule has 3 aromatic carbocycles. The van der Waals surface area contributed by atoms with Gasteiger partial charge in [0.25, 0.3) is 0 Å². The number of fused-ring (bicyclic) bond motifs is 1. The van der Waals surface area contributed by atoms with Gasteiger partial charge in [0.05, 0.1) is 12.1 Å². The number of amides is 1. The molecule has 1 aromatic heterocycles.